The third-order valence-corrected chi connectivity index (χ3v) is 4.49. The highest BCUT2D eigenvalue weighted by atomic mass is 16.6. The third kappa shape index (κ3) is 1.62. The molecule has 1 aliphatic rings. The Morgan fingerprint density at radius 2 is 1.84 bits per heavy atom. The summed E-state index contributed by atoms with van der Waals surface area (Å²) in [5, 5.41) is 15.1. The first-order valence-electron chi connectivity index (χ1n) is 7.42. The van der Waals surface area contributed by atoms with Crippen LogP contribution in [0.5, 0.6) is 0 Å². The fourth-order valence-electron chi connectivity index (χ4n) is 3.49. The van der Waals surface area contributed by atoms with Gasteiger partial charge in [-0.05, 0) is 12.1 Å². The van der Waals surface area contributed by atoms with Crippen molar-refractivity contribution in [2.45, 2.75) is 0 Å². The number of hydrogen-bond donors (Lipinski definition) is 2. The molecule has 2 aromatic carbocycles. The number of carbonyl (C=O) groups is 2. The second-order valence-corrected chi connectivity index (χ2v) is 5.79. The Morgan fingerprint density at radius 3 is 2.64 bits per heavy atom. The largest absolute Gasteiger partial charge is 0.352 e. The number of imide groups is 1. The van der Waals surface area contributed by atoms with Crippen LogP contribution in [0, 0.1) is 10.1 Å². The molecule has 0 radical (unpaired) electrons. The van der Waals surface area contributed by atoms with E-state index in [9.17, 15) is 19.7 Å². The van der Waals surface area contributed by atoms with E-state index in [1.165, 1.54) is 12.1 Å². The van der Waals surface area contributed by atoms with Crippen LogP contribution in [0.1, 0.15) is 20.7 Å². The highest BCUT2D eigenvalue weighted by Crippen LogP contribution is 2.39. The van der Waals surface area contributed by atoms with Crippen LogP contribution in [0.2, 0.25) is 0 Å². The zero-order valence-electron chi connectivity index (χ0n) is 12.5. The minimum atomic E-state index is -0.484. The lowest BCUT2D eigenvalue weighted by atomic mass is 9.97. The van der Waals surface area contributed by atoms with Gasteiger partial charge in [0.2, 0.25) is 0 Å². The average molecular weight is 332 g/mol. The van der Waals surface area contributed by atoms with Crippen LogP contribution >= 0.6 is 0 Å². The smallest absolute Gasteiger partial charge is 0.271 e. The van der Waals surface area contributed by atoms with E-state index in [0.717, 1.165) is 0 Å². The van der Waals surface area contributed by atoms with Crippen molar-refractivity contribution in [1.29, 1.82) is 0 Å². The fraction of sp³-hybridized carbons (Fsp3) is 0. The zero-order chi connectivity index (χ0) is 17.3. The topological polar surface area (TPSA) is 118 Å². The molecule has 1 aliphatic heterocycles. The minimum absolute atomic E-state index is 0.0616. The molecule has 0 spiro atoms. The van der Waals surface area contributed by atoms with Crippen LogP contribution in [0.25, 0.3) is 32.7 Å². The summed E-state index contributed by atoms with van der Waals surface area (Å²) in [6, 6.07) is 7.78. The predicted molar refractivity (Wildman–Crippen MR) is 89.6 cm³/mol. The lowest BCUT2D eigenvalue weighted by Gasteiger charge is -2.04. The number of pyridine rings is 1. The summed E-state index contributed by atoms with van der Waals surface area (Å²) in [6.45, 7) is 0. The maximum Gasteiger partial charge on any atom is 0.271 e. The number of fused-ring (bicyclic) bond motifs is 8. The number of aromatic amines is 1. The van der Waals surface area contributed by atoms with Crippen molar-refractivity contribution >= 4 is 50.2 Å². The minimum Gasteiger partial charge on any atom is -0.352 e. The van der Waals surface area contributed by atoms with Gasteiger partial charge in [-0.1, -0.05) is 6.07 Å². The maximum absolute atomic E-state index is 12.4. The quantitative estimate of drug-likeness (QED) is 0.315. The van der Waals surface area contributed by atoms with Crippen LogP contribution in [0.4, 0.5) is 5.69 Å². The lowest BCUT2D eigenvalue weighted by Crippen LogP contribution is -2.20. The summed E-state index contributed by atoms with van der Waals surface area (Å²) >= 11 is 0. The molecule has 0 unspecified atom stereocenters. The number of benzene rings is 2. The van der Waals surface area contributed by atoms with Crippen LogP contribution in [-0.2, 0) is 0 Å². The number of carbonyl (C=O) groups excluding carboxylic acids is 2. The van der Waals surface area contributed by atoms with Gasteiger partial charge in [0.1, 0.15) is 0 Å². The molecule has 0 bridgehead atoms. The summed E-state index contributed by atoms with van der Waals surface area (Å²) in [4.78, 5) is 42.7. The van der Waals surface area contributed by atoms with Gasteiger partial charge in [-0.2, -0.15) is 0 Å². The number of aromatic nitrogens is 2. The van der Waals surface area contributed by atoms with E-state index >= 15 is 0 Å². The van der Waals surface area contributed by atoms with Gasteiger partial charge in [0.25, 0.3) is 17.5 Å². The molecule has 120 valence electrons. The summed E-state index contributed by atoms with van der Waals surface area (Å²) in [5.74, 6) is -0.939. The molecule has 0 atom stereocenters. The highest BCUT2D eigenvalue weighted by Gasteiger charge is 2.33. The Hall–Kier alpha value is -3.81. The molecule has 0 saturated carbocycles. The van der Waals surface area contributed by atoms with E-state index in [1.54, 1.807) is 24.4 Å². The maximum atomic E-state index is 12.4. The molecular formula is C17H8N4O4. The molecular weight excluding hydrogens is 324 g/mol. The first-order chi connectivity index (χ1) is 12.1. The number of nitro groups is 1. The van der Waals surface area contributed by atoms with Crippen LogP contribution in [-0.4, -0.2) is 26.7 Å². The van der Waals surface area contributed by atoms with Crippen molar-refractivity contribution < 1.29 is 14.5 Å². The molecule has 0 saturated heterocycles. The van der Waals surface area contributed by atoms with Crippen molar-refractivity contribution in [3.8, 4) is 0 Å². The number of amides is 2. The summed E-state index contributed by atoms with van der Waals surface area (Å²) in [6.07, 6.45) is 1.59. The Morgan fingerprint density at radius 1 is 1.04 bits per heavy atom. The van der Waals surface area contributed by atoms with Crippen molar-refractivity contribution in [2.24, 2.45) is 0 Å². The molecule has 0 fully saturated rings. The SMILES string of the molecule is O=C1NC(=O)c2c1c1cccnc1c1[nH]c3cc([N+](=O)[O-])ccc3c21. The number of rotatable bonds is 1. The van der Waals surface area contributed by atoms with Gasteiger partial charge in [-0.15, -0.1) is 0 Å². The van der Waals surface area contributed by atoms with Gasteiger partial charge >= 0.3 is 0 Å². The highest BCUT2D eigenvalue weighted by molar-refractivity contribution is 6.36. The number of H-pyrrole nitrogens is 1. The van der Waals surface area contributed by atoms with Crippen molar-refractivity contribution in [2.75, 3.05) is 0 Å². The van der Waals surface area contributed by atoms with Gasteiger partial charge in [-0.25, -0.2) is 0 Å². The molecule has 8 heteroatoms. The molecule has 2 aromatic heterocycles. The molecule has 2 amide bonds. The van der Waals surface area contributed by atoms with Gasteiger partial charge < -0.3 is 4.98 Å². The first-order valence-corrected chi connectivity index (χ1v) is 7.42. The zero-order valence-corrected chi connectivity index (χ0v) is 12.5. The van der Waals surface area contributed by atoms with Crippen molar-refractivity contribution in [3.63, 3.8) is 0 Å². The van der Waals surface area contributed by atoms with Gasteiger partial charge in [-0.3, -0.25) is 30.0 Å². The molecule has 3 heterocycles. The average Bonchev–Trinajstić information content (AvgIpc) is 3.12. The number of nitrogens with one attached hydrogen (secondary N) is 2. The van der Waals surface area contributed by atoms with E-state index in [1.807, 2.05) is 0 Å². The Kier molecular flexibility index (Phi) is 2.39. The van der Waals surface area contributed by atoms with Gasteiger partial charge in [0, 0.05) is 34.5 Å². The molecule has 2 N–H and O–H groups in total. The second-order valence-electron chi connectivity index (χ2n) is 5.79. The summed E-state index contributed by atoms with van der Waals surface area (Å²) in [5.41, 5.74) is 2.14. The van der Waals surface area contributed by atoms with Crippen LogP contribution in [0.3, 0.4) is 0 Å². The van der Waals surface area contributed by atoms with Crippen LogP contribution < -0.4 is 5.32 Å². The Bertz CT molecular complexity index is 1290. The Labute approximate surface area is 138 Å². The molecule has 0 aliphatic carbocycles. The fourth-order valence-corrected chi connectivity index (χ4v) is 3.49. The van der Waals surface area contributed by atoms with E-state index in [4.69, 9.17) is 0 Å². The standard InChI is InChI=1S/C17H8N4O4/c22-16-12-9-2-1-5-18-14(9)15-11(13(12)17(23)20-16)8-4-3-7(21(24)25)6-10(8)19-15/h1-6,19H,(H,20,22,23). The first kappa shape index (κ1) is 13.6. The molecule has 8 nitrogen and oxygen atoms in total. The van der Waals surface area contributed by atoms with E-state index in [-0.39, 0.29) is 11.3 Å². The molecule has 25 heavy (non-hydrogen) atoms. The monoisotopic (exact) mass is 332 g/mol. The number of non-ortho nitro benzene ring substituents is 1. The Balaban J connectivity index is 2.07. The van der Waals surface area contributed by atoms with Crippen LogP contribution in [0.15, 0.2) is 36.5 Å². The number of hydrogen-bond acceptors (Lipinski definition) is 5. The summed E-state index contributed by atoms with van der Waals surface area (Å²) in [7, 11) is 0. The van der Waals surface area contributed by atoms with E-state index < -0.39 is 16.7 Å². The normalized spacial score (nSPS) is 13.6. The lowest BCUT2D eigenvalue weighted by molar-refractivity contribution is -0.384. The second kappa shape index (κ2) is 4.38. The molecule has 4 aromatic rings. The number of nitrogens with zero attached hydrogens (tertiary/aromatic N) is 2. The number of nitro benzene ring substituents is 1. The summed E-state index contributed by atoms with van der Waals surface area (Å²) < 4.78 is 0. The van der Waals surface area contributed by atoms with Gasteiger partial charge in [0.05, 0.1) is 32.6 Å². The van der Waals surface area contributed by atoms with E-state index in [0.29, 0.717) is 38.3 Å². The molecule has 5 rings (SSSR count). The van der Waals surface area contributed by atoms with Gasteiger partial charge in [0.15, 0.2) is 0 Å². The van der Waals surface area contributed by atoms with Crippen molar-refractivity contribution in [3.05, 3.63) is 57.8 Å². The van der Waals surface area contributed by atoms with Crippen molar-refractivity contribution in [1.82, 2.24) is 15.3 Å². The third-order valence-electron chi connectivity index (χ3n) is 4.49. The predicted octanol–water partition coefficient (Wildman–Crippen LogP) is 2.66. The van der Waals surface area contributed by atoms with E-state index in [2.05, 4.69) is 15.3 Å².